The van der Waals surface area contributed by atoms with Gasteiger partial charge in [-0.2, -0.15) is 0 Å². The van der Waals surface area contributed by atoms with Crippen LogP contribution in [0.15, 0.2) is 24.3 Å². The van der Waals surface area contributed by atoms with Gasteiger partial charge in [0, 0.05) is 5.56 Å². The van der Waals surface area contributed by atoms with Crippen molar-refractivity contribution in [2.24, 2.45) is 0 Å². The SMILES string of the molecule is CCOC(=O)CC(=O)COc1ccc(C(C)=O)cc1. The summed E-state index contributed by atoms with van der Waals surface area (Å²) >= 11 is 0. The van der Waals surface area contributed by atoms with Crippen LogP contribution in [0, 0.1) is 0 Å². The van der Waals surface area contributed by atoms with E-state index in [4.69, 9.17) is 4.74 Å². The fourth-order valence-electron chi connectivity index (χ4n) is 1.37. The number of ether oxygens (including phenoxy) is 2. The van der Waals surface area contributed by atoms with Gasteiger partial charge in [0.05, 0.1) is 6.61 Å². The van der Waals surface area contributed by atoms with E-state index in [0.29, 0.717) is 11.3 Å². The zero-order valence-corrected chi connectivity index (χ0v) is 11.0. The van der Waals surface area contributed by atoms with Gasteiger partial charge in [0.1, 0.15) is 18.8 Å². The third-order valence-electron chi connectivity index (χ3n) is 2.31. The van der Waals surface area contributed by atoms with E-state index < -0.39 is 5.97 Å². The Balaban J connectivity index is 2.42. The minimum atomic E-state index is -0.553. The van der Waals surface area contributed by atoms with Crippen molar-refractivity contribution < 1.29 is 23.9 Å². The molecule has 5 heteroatoms. The normalized spacial score (nSPS) is 9.79. The van der Waals surface area contributed by atoms with E-state index in [9.17, 15) is 14.4 Å². The predicted molar refractivity (Wildman–Crippen MR) is 68.2 cm³/mol. The summed E-state index contributed by atoms with van der Waals surface area (Å²) in [5.41, 5.74) is 0.574. The standard InChI is InChI=1S/C14H16O5/c1-3-18-14(17)8-12(16)9-19-13-6-4-11(5-7-13)10(2)15/h4-7H,3,8-9H2,1-2H3. The molecule has 0 aliphatic rings. The molecule has 0 atom stereocenters. The second-order valence-electron chi connectivity index (χ2n) is 3.89. The molecule has 1 rings (SSSR count). The highest BCUT2D eigenvalue weighted by molar-refractivity contribution is 5.96. The fourth-order valence-corrected chi connectivity index (χ4v) is 1.37. The topological polar surface area (TPSA) is 69.7 Å². The maximum Gasteiger partial charge on any atom is 0.313 e. The molecule has 0 spiro atoms. The molecule has 1 aromatic rings. The first kappa shape index (κ1) is 14.9. The second-order valence-corrected chi connectivity index (χ2v) is 3.89. The number of benzene rings is 1. The van der Waals surface area contributed by atoms with Crippen molar-refractivity contribution in [2.45, 2.75) is 20.3 Å². The molecule has 0 N–H and O–H groups in total. The van der Waals surface area contributed by atoms with Crippen molar-refractivity contribution in [3.63, 3.8) is 0 Å². The molecule has 19 heavy (non-hydrogen) atoms. The molecule has 0 aliphatic heterocycles. The summed E-state index contributed by atoms with van der Waals surface area (Å²) in [6, 6.07) is 6.45. The van der Waals surface area contributed by atoms with Crippen LogP contribution in [-0.2, 0) is 14.3 Å². The van der Waals surface area contributed by atoms with E-state index in [1.807, 2.05) is 0 Å². The quantitative estimate of drug-likeness (QED) is 0.426. The van der Waals surface area contributed by atoms with Gasteiger partial charge in [-0.15, -0.1) is 0 Å². The van der Waals surface area contributed by atoms with E-state index in [0.717, 1.165) is 0 Å². The molecule has 0 saturated heterocycles. The first-order valence-electron chi connectivity index (χ1n) is 5.94. The summed E-state index contributed by atoms with van der Waals surface area (Å²) in [5, 5.41) is 0. The third kappa shape index (κ3) is 5.33. The summed E-state index contributed by atoms with van der Waals surface area (Å²) in [7, 11) is 0. The maximum absolute atomic E-state index is 11.4. The van der Waals surface area contributed by atoms with Crippen molar-refractivity contribution in [1.82, 2.24) is 0 Å². The van der Waals surface area contributed by atoms with Gasteiger partial charge < -0.3 is 9.47 Å². The number of carbonyl (C=O) groups is 3. The largest absolute Gasteiger partial charge is 0.486 e. The predicted octanol–water partition coefficient (Wildman–Crippen LogP) is 1.79. The highest BCUT2D eigenvalue weighted by Gasteiger charge is 2.11. The third-order valence-corrected chi connectivity index (χ3v) is 2.31. The number of carbonyl (C=O) groups excluding carboxylic acids is 3. The van der Waals surface area contributed by atoms with Crippen molar-refractivity contribution >= 4 is 17.5 Å². The molecular weight excluding hydrogens is 248 g/mol. The fraction of sp³-hybridized carbons (Fsp3) is 0.357. The molecule has 5 nitrogen and oxygen atoms in total. The molecule has 1 aromatic carbocycles. The molecule has 0 fully saturated rings. The Hall–Kier alpha value is -2.17. The van der Waals surface area contributed by atoms with Crippen LogP contribution in [0.5, 0.6) is 5.75 Å². The number of ketones is 2. The van der Waals surface area contributed by atoms with E-state index in [1.54, 1.807) is 31.2 Å². The summed E-state index contributed by atoms with van der Waals surface area (Å²) in [4.78, 5) is 33.5. The minimum Gasteiger partial charge on any atom is -0.486 e. The molecule has 0 unspecified atom stereocenters. The summed E-state index contributed by atoms with van der Waals surface area (Å²) < 4.78 is 9.87. The Morgan fingerprint density at radius 3 is 2.26 bits per heavy atom. The maximum atomic E-state index is 11.4. The van der Waals surface area contributed by atoms with E-state index in [1.165, 1.54) is 6.92 Å². The van der Waals surface area contributed by atoms with Gasteiger partial charge in [0.2, 0.25) is 0 Å². The molecule has 0 bridgehead atoms. The van der Waals surface area contributed by atoms with Gasteiger partial charge in [-0.3, -0.25) is 14.4 Å². The average Bonchev–Trinajstić information content (AvgIpc) is 2.37. The van der Waals surface area contributed by atoms with Crippen LogP contribution >= 0.6 is 0 Å². The van der Waals surface area contributed by atoms with Crippen LogP contribution in [0.1, 0.15) is 30.6 Å². The monoisotopic (exact) mass is 264 g/mol. The lowest BCUT2D eigenvalue weighted by Gasteiger charge is -2.06. The van der Waals surface area contributed by atoms with Gasteiger partial charge in [0.25, 0.3) is 0 Å². The van der Waals surface area contributed by atoms with Crippen molar-refractivity contribution in [1.29, 1.82) is 0 Å². The zero-order chi connectivity index (χ0) is 14.3. The summed E-state index contributed by atoms with van der Waals surface area (Å²) in [6.07, 6.45) is -0.292. The lowest BCUT2D eigenvalue weighted by Crippen LogP contribution is -2.17. The molecule has 0 aliphatic carbocycles. The van der Waals surface area contributed by atoms with Crippen LogP contribution in [0.4, 0.5) is 0 Å². The number of Topliss-reactive ketones (excluding diaryl/α,β-unsaturated/α-hetero) is 2. The Kier molecular flexibility index (Phi) is 5.73. The Labute approximate surface area is 111 Å². The van der Waals surface area contributed by atoms with E-state index in [-0.39, 0.29) is 31.2 Å². The van der Waals surface area contributed by atoms with Gasteiger partial charge in [-0.25, -0.2) is 0 Å². The van der Waals surface area contributed by atoms with Crippen molar-refractivity contribution in [3.05, 3.63) is 29.8 Å². The van der Waals surface area contributed by atoms with Crippen LogP contribution in [0.25, 0.3) is 0 Å². The summed E-state index contributed by atoms with van der Waals surface area (Å²) in [6.45, 7) is 3.20. The van der Waals surface area contributed by atoms with Gasteiger partial charge in [0.15, 0.2) is 11.6 Å². The minimum absolute atomic E-state index is 0.0371. The molecule has 0 saturated carbocycles. The average molecular weight is 264 g/mol. The first-order valence-corrected chi connectivity index (χ1v) is 5.94. The number of esters is 1. The molecule has 0 amide bonds. The number of rotatable bonds is 7. The van der Waals surface area contributed by atoms with Crippen LogP contribution < -0.4 is 4.74 Å². The molecule has 0 aromatic heterocycles. The van der Waals surface area contributed by atoms with E-state index in [2.05, 4.69) is 4.74 Å². The Bertz CT molecular complexity index is 461. The molecule has 102 valence electrons. The Morgan fingerprint density at radius 1 is 1.11 bits per heavy atom. The van der Waals surface area contributed by atoms with Crippen LogP contribution in [0.3, 0.4) is 0 Å². The number of hydrogen-bond donors (Lipinski definition) is 0. The first-order chi connectivity index (χ1) is 9.02. The van der Waals surface area contributed by atoms with Crippen LogP contribution in [0.2, 0.25) is 0 Å². The van der Waals surface area contributed by atoms with Gasteiger partial charge >= 0.3 is 5.97 Å². The van der Waals surface area contributed by atoms with Crippen molar-refractivity contribution in [3.8, 4) is 5.75 Å². The molecular formula is C14H16O5. The summed E-state index contributed by atoms with van der Waals surface area (Å²) in [5.74, 6) is -0.468. The highest BCUT2D eigenvalue weighted by Crippen LogP contribution is 2.12. The van der Waals surface area contributed by atoms with Crippen molar-refractivity contribution in [2.75, 3.05) is 13.2 Å². The van der Waals surface area contributed by atoms with Gasteiger partial charge in [-0.1, -0.05) is 0 Å². The van der Waals surface area contributed by atoms with Gasteiger partial charge in [-0.05, 0) is 38.1 Å². The second kappa shape index (κ2) is 7.31. The highest BCUT2D eigenvalue weighted by atomic mass is 16.5. The number of hydrogen-bond acceptors (Lipinski definition) is 5. The molecule has 0 radical (unpaired) electrons. The van der Waals surface area contributed by atoms with E-state index >= 15 is 0 Å². The zero-order valence-electron chi connectivity index (χ0n) is 11.0. The lowest BCUT2D eigenvalue weighted by atomic mass is 10.1. The molecule has 0 heterocycles. The Morgan fingerprint density at radius 2 is 1.74 bits per heavy atom. The van der Waals surface area contributed by atoms with Crippen LogP contribution in [-0.4, -0.2) is 30.7 Å². The lowest BCUT2D eigenvalue weighted by molar-refractivity contribution is -0.145. The smallest absolute Gasteiger partial charge is 0.313 e.